The second-order valence-corrected chi connectivity index (χ2v) is 5.67. The summed E-state index contributed by atoms with van der Waals surface area (Å²) in [5.41, 5.74) is 4.00. The average molecular weight is 323 g/mol. The number of aromatic nitrogens is 2. The number of nitrogens with zero attached hydrogens (tertiary/aromatic N) is 2. The van der Waals surface area contributed by atoms with Gasteiger partial charge in [-0.1, -0.05) is 18.2 Å². The van der Waals surface area contributed by atoms with Crippen molar-refractivity contribution in [2.24, 2.45) is 0 Å². The Balaban J connectivity index is 1.79. The van der Waals surface area contributed by atoms with E-state index in [4.69, 9.17) is 5.11 Å². The van der Waals surface area contributed by atoms with Crippen molar-refractivity contribution >= 4 is 17.5 Å². The number of carbonyl (C=O) groups excluding carboxylic acids is 1. The van der Waals surface area contributed by atoms with Gasteiger partial charge in [0.2, 0.25) is 0 Å². The van der Waals surface area contributed by atoms with Crippen LogP contribution in [0.4, 0.5) is 0 Å². The van der Waals surface area contributed by atoms with Crippen LogP contribution in [0.2, 0.25) is 0 Å². The summed E-state index contributed by atoms with van der Waals surface area (Å²) in [6, 6.07) is 10.3. The molecule has 2 aromatic heterocycles. The highest BCUT2D eigenvalue weighted by molar-refractivity contribution is 5.94. The maximum atomic E-state index is 12.5. The molecule has 0 fully saturated rings. The van der Waals surface area contributed by atoms with Gasteiger partial charge in [-0.25, -0.2) is 9.78 Å². The number of imidazole rings is 1. The fraction of sp³-hybridized carbons (Fsp3) is 0.167. The largest absolute Gasteiger partial charge is 0.478 e. The van der Waals surface area contributed by atoms with E-state index in [1.54, 1.807) is 23.5 Å². The summed E-state index contributed by atoms with van der Waals surface area (Å²) >= 11 is 0. The summed E-state index contributed by atoms with van der Waals surface area (Å²) in [5, 5.41) is 11.7. The molecule has 2 N–H and O–H groups in total. The van der Waals surface area contributed by atoms with E-state index in [1.165, 1.54) is 12.1 Å². The molecule has 0 aliphatic rings. The third-order valence-corrected chi connectivity index (χ3v) is 3.81. The normalized spacial score (nSPS) is 10.8. The SMILES string of the molecule is Cc1ccc2nc(C)c(C(=O)NCc3ccc(C(=O)O)cc3)n2c1. The molecule has 6 nitrogen and oxygen atoms in total. The molecule has 6 heteroatoms. The van der Waals surface area contributed by atoms with Crippen molar-refractivity contribution in [3.05, 3.63) is 70.7 Å². The van der Waals surface area contributed by atoms with Gasteiger partial charge in [-0.15, -0.1) is 0 Å². The zero-order chi connectivity index (χ0) is 17.3. The molecule has 0 spiro atoms. The Morgan fingerprint density at radius 2 is 1.83 bits per heavy atom. The standard InChI is InChI=1S/C18H17N3O3/c1-11-3-8-15-20-12(2)16(21(15)10-11)17(22)19-9-13-4-6-14(7-5-13)18(23)24/h3-8,10H,9H2,1-2H3,(H,19,22)(H,23,24). The van der Waals surface area contributed by atoms with Crippen molar-refractivity contribution in [3.8, 4) is 0 Å². The summed E-state index contributed by atoms with van der Waals surface area (Å²) in [6.45, 7) is 4.08. The number of carboxylic acid groups (broad SMARTS) is 1. The van der Waals surface area contributed by atoms with Crippen molar-refractivity contribution < 1.29 is 14.7 Å². The van der Waals surface area contributed by atoms with Crippen molar-refractivity contribution in [1.82, 2.24) is 14.7 Å². The smallest absolute Gasteiger partial charge is 0.335 e. The zero-order valence-corrected chi connectivity index (χ0v) is 13.4. The first kappa shape index (κ1) is 15.7. The van der Waals surface area contributed by atoms with Gasteiger partial charge >= 0.3 is 5.97 Å². The van der Waals surface area contributed by atoms with E-state index in [2.05, 4.69) is 10.3 Å². The minimum absolute atomic E-state index is 0.215. The molecule has 3 aromatic rings. The molecule has 0 unspecified atom stereocenters. The number of rotatable bonds is 4. The monoisotopic (exact) mass is 323 g/mol. The van der Waals surface area contributed by atoms with Gasteiger partial charge in [0, 0.05) is 12.7 Å². The molecule has 0 bridgehead atoms. The van der Waals surface area contributed by atoms with Crippen LogP contribution in [0.25, 0.3) is 5.65 Å². The third kappa shape index (κ3) is 2.99. The molecule has 3 rings (SSSR count). The van der Waals surface area contributed by atoms with Crippen molar-refractivity contribution in [2.75, 3.05) is 0 Å². The maximum absolute atomic E-state index is 12.5. The zero-order valence-electron chi connectivity index (χ0n) is 13.4. The van der Waals surface area contributed by atoms with Crippen LogP contribution < -0.4 is 5.32 Å². The summed E-state index contributed by atoms with van der Waals surface area (Å²) in [5.74, 6) is -1.18. The van der Waals surface area contributed by atoms with Crippen LogP contribution in [-0.2, 0) is 6.54 Å². The highest BCUT2D eigenvalue weighted by atomic mass is 16.4. The van der Waals surface area contributed by atoms with Gasteiger partial charge in [0.15, 0.2) is 0 Å². The number of hydrogen-bond acceptors (Lipinski definition) is 3. The predicted molar refractivity (Wildman–Crippen MR) is 89.2 cm³/mol. The molecule has 1 amide bonds. The lowest BCUT2D eigenvalue weighted by molar-refractivity contribution is 0.0696. The molecule has 24 heavy (non-hydrogen) atoms. The number of aromatic carboxylic acids is 1. The Kier molecular flexibility index (Phi) is 4.04. The number of carboxylic acids is 1. The molecular formula is C18H17N3O3. The van der Waals surface area contributed by atoms with E-state index in [1.807, 2.05) is 25.3 Å². The van der Waals surface area contributed by atoms with Gasteiger partial charge < -0.3 is 10.4 Å². The number of benzene rings is 1. The summed E-state index contributed by atoms with van der Waals surface area (Å²) in [4.78, 5) is 27.8. The molecular weight excluding hydrogens is 306 g/mol. The van der Waals surface area contributed by atoms with Crippen LogP contribution in [0.3, 0.4) is 0 Å². The Hall–Kier alpha value is -3.15. The van der Waals surface area contributed by atoms with Crippen molar-refractivity contribution in [2.45, 2.75) is 20.4 Å². The first-order valence-electron chi connectivity index (χ1n) is 7.51. The Morgan fingerprint density at radius 3 is 2.50 bits per heavy atom. The van der Waals surface area contributed by atoms with Crippen LogP contribution in [-0.4, -0.2) is 26.4 Å². The van der Waals surface area contributed by atoms with Gasteiger partial charge in [0.1, 0.15) is 11.3 Å². The lowest BCUT2D eigenvalue weighted by Gasteiger charge is -2.07. The van der Waals surface area contributed by atoms with Crippen LogP contribution in [0.1, 0.15) is 37.7 Å². The number of fused-ring (bicyclic) bond motifs is 1. The number of amides is 1. The molecule has 0 aliphatic carbocycles. The fourth-order valence-electron chi connectivity index (χ4n) is 2.57. The minimum atomic E-state index is -0.970. The minimum Gasteiger partial charge on any atom is -0.478 e. The van der Waals surface area contributed by atoms with E-state index in [9.17, 15) is 9.59 Å². The number of aryl methyl sites for hydroxylation is 2. The van der Waals surface area contributed by atoms with E-state index in [0.717, 1.165) is 16.8 Å². The molecule has 0 radical (unpaired) electrons. The molecule has 0 saturated carbocycles. The Morgan fingerprint density at radius 1 is 1.12 bits per heavy atom. The lowest BCUT2D eigenvalue weighted by Crippen LogP contribution is -2.25. The van der Waals surface area contributed by atoms with Crippen molar-refractivity contribution in [1.29, 1.82) is 0 Å². The lowest BCUT2D eigenvalue weighted by atomic mass is 10.1. The van der Waals surface area contributed by atoms with E-state index >= 15 is 0 Å². The second-order valence-electron chi connectivity index (χ2n) is 5.67. The Bertz CT molecular complexity index is 927. The molecule has 1 aromatic carbocycles. The highest BCUT2D eigenvalue weighted by Crippen LogP contribution is 2.14. The van der Waals surface area contributed by atoms with E-state index in [-0.39, 0.29) is 11.5 Å². The number of pyridine rings is 1. The number of nitrogens with one attached hydrogen (secondary N) is 1. The predicted octanol–water partition coefficient (Wildman–Crippen LogP) is 2.58. The second kappa shape index (κ2) is 6.16. The first-order valence-corrected chi connectivity index (χ1v) is 7.51. The summed E-state index contributed by atoms with van der Waals surface area (Å²) < 4.78 is 1.79. The van der Waals surface area contributed by atoms with Gasteiger partial charge in [-0.2, -0.15) is 0 Å². The van der Waals surface area contributed by atoms with E-state index < -0.39 is 5.97 Å². The first-order chi connectivity index (χ1) is 11.5. The van der Waals surface area contributed by atoms with Crippen LogP contribution in [0.5, 0.6) is 0 Å². The molecule has 0 saturated heterocycles. The molecule has 0 aliphatic heterocycles. The van der Waals surface area contributed by atoms with Crippen LogP contribution in [0.15, 0.2) is 42.6 Å². The Labute approximate surface area is 138 Å². The number of carbonyl (C=O) groups is 2. The molecule has 2 heterocycles. The molecule has 0 atom stereocenters. The van der Waals surface area contributed by atoms with Crippen molar-refractivity contribution in [3.63, 3.8) is 0 Å². The fourth-order valence-corrected chi connectivity index (χ4v) is 2.57. The van der Waals surface area contributed by atoms with Gasteiger partial charge in [-0.3, -0.25) is 9.20 Å². The maximum Gasteiger partial charge on any atom is 0.335 e. The number of hydrogen-bond donors (Lipinski definition) is 2. The topological polar surface area (TPSA) is 83.7 Å². The molecule has 122 valence electrons. The van der Waals surface area contributed by atoms with Crippen LogP contribution in [0, 0.1) is 13.8 Å². The van der Waals surface area contributed by atoms with E-state index in [0.29, 0.717) is 17.9 Å². The van der Waals surface area contributed by atoms with Crippen LogP contribution >= 0.6 is 0 Å². The van der Waals surface area contributed by atoms with Gasteiger partial charge in [-0.05, 0) is 43.2 Å². The highest BCUT2D eigenvalue weighted by Gasteiger charge is 2.16. The van der Waals surface area contributed by atoms with Gasteiger partial charge in [0.25, 0.3) is 5.91 Å². The van der Waals surface area contributed by atoms with Gasteiger partial charge in [0.05, 0.1) is 11.3 Å². The third-order valence-electron chi connectivity index (χ3n) is 3.81. The average Bonchev–Trinajstić information content (AvgIpc) is 2.88. The summed E-state index contributed by atoms with van der Waals surface area (Å²) in [6.07, 6.45) is 1.88. The summed E-state index contributed by atoms with van der Waals surface area (Å²) in [7, 11) is 0. The quantitative estimate of drug-likeness (QED) is 0.773.